The monoisotopic (exact) mass is 608 g/mol. The molecular formula is C38H60N2O4. The third kappa shape index (κ3) is 17.9. The molecule has 2 aromatic rings. The van der Waals surface area contributed by atoms with Crippen molar-refractivity contribution in [1.82, 2.24) is 0 Å². The summed E-state index contributed by atoms with van der Waals surface area (Å²) in [6.07, 6.45) is 28.8. The van der Waals surface area contributed by atoms with Gasteiger partial charge < -0.3 is 19.7 Å². The minimum atomic E-state index is 0.0938. The van der Waals surface area contributed by atoms with Gasteiger partial charge in [0.25, 0.3) is 0 Å². The van der Waals surface area contributed by atoms with Crippen LogP contribution in [0.25, 0.3) is 0 Å². The topological polar surface area (TPSA) is 83.6 Å². The molecule has 0 saturated heterocycles. The molecule has 2 rings (SSSR count). The van der Waals surface area contributed by atoms with Crippen LogP contribution in [0.3, 0.4) is 0 Å². The fraction of sp³-hybridized carbons (Fsp3) is 0.632. The van der Waals surface area contributed by atoms with Crippen LogP contribution in [0.2, 0.25) is 0 Å². The van der Waals surface area contributed by atoms with E-state index in [1.54, 1.807) is 24.3 Å². The van der Waals surface area contributed by atoms with E-state index in [0.717, 1.165) is 12.8 Å². The quantitative estimate of drug-likeness (QED) is 0.0600. The number of hydrogen-bond acceptors (Lipinski definition) is 6. The molecule has 0 aliphatic heterocycles. The highest BCUT2D eigenvalue weighted by Crippen LogP contribution is 2.24. The number of unbranched alkanes of at least 4 members (excludes halogenated alkanes) is 18. The van der Waals surface area contributed by atoms with Crippen molar-refractivity contribution in [2.24, 2.45) is 10.2 Å². The van der Waals surface area contributed by atoms with E-state index in [0.29, 0.717) is 35.8 Å². The predicted molar refractivity (Wildman–Crippen MR) is 186 cm³/mol. The molecule has 246 valence electrons. The van der Waals surface area contributed by atoms with Gasteiger partial charge in [-0.05, 0) is 37.1 Å². The zero-order valence-electron chi connectivity index (χ0n) is 27.8. The van der Waals surface area contributed by atoms with E-state index in [4.69, 9.17) is 9.47 Å². The van der Waals surface area contributed by atoms with Gasteiger partial charge in [-0.25, -0.2) is 0 Å². The van der Waals surface area contributed by atoms with Gasteiger partial charge in [-0.15, -0.1) is 0 Å². The van der Waals surface area contributed by atoms with Crippen LogP contribution in [0.4, 0.5) is 0 Å². The molecule has 2 N–H and O–H groups in total. The summed E-state index contributed by atoms with van der Waals surface area (Å²) < 4.78 is 11.6. The SMILES string of the molecule is CCCCCCCCCCCCOc1ccc(/C=N/N=C/c2ccc(OCCCCCCCCCCCC)cc2O)c(O)c1. The van der Waals surface area contributed by atoms with E-state index in [9.17, 15) is 10.2 Å². The summed E-state index contributed by atoms with van der Waals surface area (Å²) in [6.45, 7) is 5.82. The fourth-order valence-corrected chi connectivity index (χ4v) is 5.19. The number of aromatic hydroxyl groups is 2. The number of rotatable bonds is 27. The zero-order valence-corrected chi connectivity index (χ0v) is 27.8. The highest BCUT2D eigenvalue weighted by molar-refractivity contribution is 5.86. The molecule has 0 aliphatic rings. The fourth-order valence-electron chi connectivity index (χ4n) is 5.19. The third-order valence-corrected chi connectivity index (χ3v) is 8.00. The first-order valence-corrected chi connectivity index (χ1v) is 17.6. The van der Waals surface area contributed by atoms with Crippen LogP contribution in [-0.2, 0) is 0 Å². The Morgan fingerprint density at radius 1 is 0.477 bits per heavy atom. The normalized spacial score (nSPS) is 11.6. The smallest absolute Gasteiger partial charge is 0.128 e. The molecule has 44 heavy (non-hydrogen) atoms. The summed E-state index contributed by atoms with van der Waals surface area (Å²) in [4.78, 5) is 0. The lowest BCUT2D eigenvalue weighted by molar-refractivity contribution is 0.302. The Labute approximate surface area is 268 Å². The third-order valence-electron chi connectivity index (χ3n) is 8.00. The largest absolute Gasteiger partial charge is 0.507 e. The maximum Gasteiger partial charge on any atom is 0.128 e. The molecule has 0 saturated carbocycles. The van der Waals surface area contributed by atoms with Gasteiger partial charge in [0.1, 0.15) is 23.0 Å². The second-order valence-electron chi connectivity index (χ2n) is 12.0. The first kappa shape index (κ1) is 37.2. The van der Waals surface area contributed by atoms with Crippen LogP contribution in [0.15, 0.2) is 46.6 Å². The predicted octanol–water partition coefficient (Wildman–Crippen LogP) is 11.2. The van der Waals surface area contributed by atoms with Crippen LogP contribution in [0.5, 0.6) is 23.0 Å². The molecule has 0 heterocycles. The lowest BCUT2D eigenvalue weighted by atomic mass is 10.1. The molecule has 0 amide bonds. The van der Waals surface area contributed by atoms with Gasteiger partial charge >= 0.3 is 0 Å². The molecule has 0 spiro atoms. The molecule has 6 nitrogen and oxygen atoms in total. The highest BCUT2D eigenvalue weighted by Gasteiger charge is 2.04. The highest BCUT2D eigenvalue weighted by atomic mass is 16.5. The van der Waals surface area contributed by atoms with Crippen molar-refractivity contribution in [3.8, 4) is 23.0 Å². The Morgan fingerprint density at radius 3 is 1.11 bits per heavy atom. The second-order valence-corrected chi connectivity index (χ2v) is 12.0. The van der Waals surface area contributed by atoms with Crippen molar-refractivity contribution < 1.29 is 19.7 Å². The Hall–Kier alpha value is -3.02. The minimum absolute atomic E-state index is 0.0938. The van der Waals surface area contributed by atoms with Crippen LogP contribution in [-0.4, -0.2) is 35.9 Å². The molecular weight excluding hydrogens is 548 g/mol. The van der Waals surface area contributed by atoms with Crippen molar-refractivity contribution >= 4 is 12.4 Å². The molecule has 0 bridgehead atoms. The van der Waals surface area contributed by atoms with Crippen molar-refractivity contribution in [2.75, 3.05) is 13.2 Å². The van der Waals surface area contributed by atoms with Gasteiger partial charge in [0, 0.05) is 23.3 Å². The molecule has 0 atom stereocenters. The number of ether oxygens (including phenoxy) is 2. The Bertz CT molecular complexity index is 970. The maximum absolute atomic E-state index is 10.4. The molecule has 0 unspecified atom stereocenters. The summed E-state index contributed by atoms with van der Waals surface area (Å²) in [5, 5.41) is 28.8. The summed E-state index contributed by atoms with van der Waals surface area (Å²) in [5.41, 5.74) is 1.10. The van der Waals surface area contributed by atoms with Crippen LogP contribution < -0.4 is 9.47 Å². The van der Waals surface area contributed by atoms with Gasteiger partial charge in [0.05, 0.1) is 25.6 Å². The molecule has 2 aromatic carbocycles. The van der Waals surface area contributed by atoms with E-state index in [-0.39, 0.29) is 11.5 Å². The molecule has 0 fully saturated rings. The molecule has 0 aliphatic carbocycles. The minimum Gasteiger partial charge on any atom is -0.507 e. The number of phenols is 2. The van der Waals surface area contributed by atoms with Crippen molar-refractivity contribution in [3.63, 3.8) is 0 Å². The first-order valence-electron chi connectivity index (χ1n) is 17.6. The Kier molecular flexibility index (Phi) is 21.4. The first-order chi connectivity index (χ1) is 21.6. The lowest BCUT2D eigenvalue weighted by Gasteiger charge is -2.08. The standard InChI is InChI=1S/C38H60N2O4/c1-3-5-7-9-11-13-15-17-19-21-27-43-35-25-23-33(37(41)29-35)31-39-40-32-34-24-26-36(30-38(34)42)44-28-22-20-18-16-14-12-10-8-6-4-2/h23-26,29-32,41-42H,3-22,27-28H2,1-2H3/b39-31+,40-32+. The lowest BCUT2D eigenvalue weighted by Crippen LogP contribution is -1.98. The Balaban J connectivity index is 1.60. The van der Waals surface area contributed by atoms with Gasteiger partial charge in [-0.2, -0.15) is 10.2 Å². The number of hydrogen-bond donors (Lipinski definition) is 2. The number of nitrogens with zero attached hydrogens (tertiary/aromatic N) is 2. The second kappa shape index (κ2) is 25.3. The number of phenolic OH excluding ortho intramolecular Hbond substituents is 2. The maximum atomic E-state index is 10.4. The average Bonchev–Trinajstić information content (AvgIpc) is 3.02. The summed E-state index contributed by atoms with van der Waals surface area (Å²) >= 11 is 0. The van der Waals surface area contributed by atoms with Gasteiger partial charge in [-0.1, -0.05) is 129 Å². The number of benzene rings is 2. The summed E-state index contributed by atoms with van der Waals surface area (Å²) in [5.74, 6) is 1.49. The van der Waals surface area contributed by atoms with E-state index < -0.39 is 0 Å². The summed E-state index contributed by atoms with van der Waals surface area (Å²) in [6, 6.07) is 10.4. The van der Waals surface area contributed by atoms with Crippen molar-refractivity contribution in [3.05, 3.63) is 47.5 Å². The van der Waals surface area contributed by atoms with E-state index in [1.165, 1.54) is 128 Å². The Morgan fingerprint density at radius 2 is 0.795 bits per heavy atom. The summed E-state index contributed by atoms with van der Waals surface area (Å²) in [7, 11) is 0. The van der Waals surface area contributed by atoms with E-state index in [2.05, 4.69) is 24.1 Å². The molecule has 0 radical (unpaired) electrons. The van der Waals surface area contributed by atoms with Crippen molar-refractivity contribution in [2.45, 2.75) is 142 Å². The van der Waals surface area contributed by atoms with Crippen LogP contribution in [0.1, 0.15) is 153 Å². The molecule has 6 heteroatoms. The van der Waals surface area contributed by atoms with E-state index >= 15 is 0 Å². The van der Waals surface area contributed by atoms with E-state index in [1.807, 2.05) is 12.1 Å². The molecule has 0 aromatic heterocycles. The van der Waals surface area contributed by atoms with Gasteiger partial charge in [0.2, 0.25) is 0 Å². The van der Waals surface area contributed by atoms with Crippen LogP contribution in [0, 0.1) is 0 Å². The average molecular weight is 609 g/mol. The van der Waals surface area contributed by atoms with Crippen LogP contribution >= 0.6 is 0 Å². The van der Waals surface area contributed by atoms with Gasteiger partial charge in [0.15, 0.2) is 0 Å². The zero-order chi connectivity index (χ0) is 31.5. The van der Waals surface area contributed by atoms with Gasteiger partial charge in [-0.3, -0.25) is 0 Å². The van der Waals surface area contributed by atoms with Crippen molar-refractivity contribution in [1.29, 1.82) is 0 Å².